The molecule has 0 spiro atoms. The number of hydrogen-bond acceptors (Lipinski definition) is 2. The molecule has 0 rings (SSSR count). The summed E-state index contributed by atoms with van der Waals surface area (Å²) in [6.07, 6.45) is 16.0. The number of ether oxygens (including phenoxy) is 1. The normalized spacial score (nSPS) is 11.6. The maximum Gasteiger partial charge on any atom is 0.311 e. The van der Waals surface area contributed by atoms with Gasteiger partial charge in [-0.1, -0.05) is 77.6 Å². The van der Waals surface area contributed by atoms with Gasteiger partial charge in [0.15, 0.2) is 0 Å². The van der Waals surface area contributed by atoms with E-state index in [1.54, 1.807) is 0 Å². The predicted molar refractivity (Wildman–Crippen MR) is 91.5 cm³/mol. The van der Waals surface area contributed by atoms with Crippen LogP contribution in [-0.2, 0) is 9.53 Å². The van der Waals surface area contributed by atoms with Crippen LogP contribution >= 0.6 is 0 Å². The van der Waals surface area contributed by atoms with Crippen LogP contribution in [0.3, 0.4) is 0 Å². The van der Waals surface area contributed by atoms with Crippen LogP contribution in [0.25, 0.3) is 0 Å². The van der Waals surface area contributed by atoms with Gasteiger partial charge >= 0.3 is 5.97 Å². The first-order valence-corrected chi connectivity index (χ1v) is 9.15. The monoisotopic (exact) mass is 298 g/mol. The van der Waals surface area contributed by atoms with Crippen molar-refractivity contribution in [1.29, 1.82) is 0 Å². The van der Waals surface area contributed by atoms with Crippen LogP contribution in [-0.4, -0.2) is 12.6 Å². The highest BCUT2D eigenvalue weighted by Crippen LogP contribution is 2.16. The molecule has 0 aliphatic carbocycles. The molecule has 2 heteroatoms. The predicted octanol–water partition coefficient (Wildman–Crippen LogP) is 6.28. The Labute approximate surface area is 133 Å². The number of unbranched alkanes of at least 4 members (excludes halogenated alkanes) is 11. The molecule has 0 N–H and O–H groups in total. The fourth-order valence-corrected chi connectivity index (χ4v) is 2.32. The smallest absolute Gasteiger partial charge is 0.311 e. The molecule has 0 fully saturated rings. The van der Waals surface area contributed by atoms with Crippen LogP contribution in [0.2, 0.25) is 0 Å². The molecule has 0 aliphatic rings. The van der Waals surface area contributed by atoms with E-state index in [2.05, 4.69) is 6.92 Å². The van der Waals surface area contributed by atoms with Crippen LogP contribution in [0.1, 0.15) is 105 Å². The summed E-state index contributed by atoms with van der Waals surface area (Å²) in [7, 11) is 0. The van der Waals surface area contributed by atoms with Gasteiger partial charge in [-0.15, -0.1) is 0 Å². The Morgan fingerprint density at radius 1 is 0.714 bits per heavy atom. The van der Waals surface area contributed by atoms with E-state index in [0.717, 1.165) is 6.42 Å². The summed E-state index contributed by atoms with van der Waals surface area (Å²) < 4.78 is 5.26. The third kappa shape index (κ3) is 14.2. The summed E-state index contributed by atoms with van der Waals surface area (Å²) in [6, 6.07) is 0. The summed E-state index contributed by atoms with van der Waals surface area (Å²) in [5.74, 6) is -0.0782. The van der Waals surface area contributed by atoms with Gasteiger partial charge in [0, 0.05) is 0 Å². The van der Waals surface area contributed by atoms with Crippen LogP contribution in [0, 0.1) is 5.41 Å². The molecule has 21 heavy (non-hydrogen) atoms. The number of esters is 1. The molecule has 0 heterocycles. The lowest BCUT2D eigenvalue weighted by Crippen LogP contribution is -2.23. The second-order valence-electron chi connectivity index (χ2n) is 7.28. The lowest BCUT2D eigenvalue weighted by molar-refractivity contribution is -0.153. The molecule has 0 aromatic carbocycles. The topological polar surface area (TPSA) is 26.3 Å². The lowest BCUT2D eigenvalue weighted by Gasteiger charge is -2.16. The second-order valence-corrected chi connectivity index (χ2v) is 7.28. The van der Waals surface area contributed by atoms with E-state index in [4.69, 9.17) is 4.74 Å². The third-order valence-corrected chi connectivity index (χ3v) is 3.84. The Balaban J connectivity index is 3.14. The zero-order chi connectivity index (χ0) is 16.0. The Morgan fingerprint density at radius 2 is 1.10 bits per heavy atom. The molecule has 0 bridgehead atoms. The van der Waals surface area contributed by atoms with Crippen molar-refractivity contribution < 1.29 is 9.53 Å². The molecule has 0 aromatic rings. The van der Waals surface area contributed by atoms with E-state index in [1.165, 1.54) is 70.6 Å². The first-order chi connectivity index (χ1) is 9.98. The lowest BCUT2D eigenvalue weighted by atomic mass is 9.97. The quantitative estimate of drug-likeness (QED) is 0.295. The van der Waals surface area contributed by atoms with E-state index >= 15 is 0 Å². The molecule has 2 nitrogen and oxygen atoms in total. The van der Waals surface area contributed by atoms with Crippen molar-refractivity contribution in [3.63, 3.8) is 0 Å². The molecule has 0 aliphatic heterocycles. The summed E-state index contributed by atoms with van der Waals surface area (Å²) in [4.78, 5) is 11.5. The van der Waals surface area contributed by atoms with Gasteiger partial charge in [0.25, 0.3) is 0 Å². The number of hydrogen-bond donors (Lipinski definition) is 0. The summed E-state index contributed by atoms with van der Waals surface area (Å²) in [6.45, 7) is 8.56. The first kappa shape index (κ1) is 20.5. The molecule has 0 radical (unpaired) electrons. The fraction of sp³-hybridized carbons (Fsp3) is 0.947. The Bertz CT molecular complexity index is 240. The maximum absolute atomic E-state index is 11.5. The minimum absolute atomic E-state index is 0.0782. The third-order valence-electron chi connectivity index (χ3n) is 3.84. The van der Waals surface area contributed by atoms with Gasteiger partial charge in [-0.05, 0) is 27.2 Å². The van der Waals surface area contributed by atoms with Crippen molar-refractivity contribution in [3.8, 4) is 0 Å². The van der Waals surface area contributed by atoms with Crippen molar-refractivity contribution in [2.24, 2.45) is 5.41 Å². The zero-order valence-corrected chi connectivity index (χ0v) is 15.0. The number of carbonyl (C=O) groups is 1. The largest absolute Gasteiger partial charge is 0.465 e. The van der Waals surface area contributed by atoms with Gasteiger partial charge in [0.05, 0.1) is 12.0 Å². The van der Waals surface area contributed by atoms with E-state index in [9.17, 15) is 4.79 Å². The molecule has 0 atom stereocenters. The molecule has 0 aromatic heterocycles. The molecule has 0 saturated carbocycles. The summed E-state index contributed by atoms with van der Waals surface area (Å²) in [5.41, 5.74) is -0.364. The highest BCUT2D eigenvalue weighted by molar-refractivity contribution is 5.75. The maximum atomic E-state index is 11.5. The van der Waals surface area contributed by atoms with Gasteiger partial charge in [-0.25, -0.2) is 0 Å². The number of rotatable bonds is 13. The second kappa shape index (κ2) is 13.2. The molecular weight excluding hydrogens is 260 g/mol. The van der Waals surface area contributed by atoms with Gasteiger partial charge in [-0.2, -0.15) is 0 Å². The van der Waals surface area contributed by atoms with Crippen molar-refractivity contribution in [2.75, 3.05) is 6.61 Å². The van der Waals surface area contributed by atoms with Gasteiger partial charge in [-0.3, -0.25) is 4.79 Å². The highest BCUT2D eigenvalue weighted by Gasteiger charge is 2.22. The fourth-order valence-electron chi connectivity index (χ4n) is 2.32. The SMILES string of the molecule is CCCCCCCCCCCCCCOC(=O)C(C)(C)C. The molecular formula is C19H38O2. The zero-order valence-electron chi connectivity index (χ0n) is 15.0. The van der Waals surface area contributed by atoms with Crippen molar-refractivity contribution in [2.45, 2.75) is 105 Å². The van der Waals surface area contributed by atoms with E-state index < -0.39 is 0 Å². The van der Waals surface area contributed by atoms with Gasteiger partial charge in [0.2, 0.25) is 0 Å². The molecule has 126 valence electrons. The van der Waals surface area contributed by atoms with Crippen molar-refractivity contribution in [1.82, 2.24) is 0 Å². The van der Waals surface area contributed by atoms with Crippen molar-refractivity contribution in [3.05, 3.63) is 0 Å². The molecule has 0 amide bonds. The Hall–Kier alpha value is -0.530. The minimum atomic E-state index is -0.364. The summed E-state index contributed by atoms with van der Waals surface area (Å²) >= 11 is 0. The van der Waals surface area contributed by atoms with Crippen LogP contribution in [0.15, 0.2) is 0 Å². The van der Waals surface area contributed by atoms with Crippen molar-refractivity contribution >= 4 is 5.97 Å². The minimum Gasteiger partial charge on any atom is -0.465 e. The van der Waals surface area contributed by atoms with Crippen LogP contribution in [0.5, 0.6) is 0 Å². The molecule has 0 saturated heterocycles. The average Bonchev–Trinajstić information content (AvgIpc) is 2.42. The Morgan fingerprint density at radius 3 is 1.48 bits per heavy atom. The van der Waals surface area contributed by atoms with Gasteiger partial charge in [0.1, 0.15) is 0 Å². The average molecular weight is 299 g/mol. The van der Waals surface area contributed by atoms with Crippen LogP contribution < -0.4 is 0 Å². The first-order valence-electron chi connectivity index (χ1n) is 9.15. The standard InChI is InChI=1S/C19H38O2/c1-5-6-7-8-9-10-11-12-13-14-15-16-17-21-18(20)19(2,3)4/h5-17H2,1-4H3. The summed E-state index contributed by atoms with van der Waals surface area (Å²) in [5, 5.41) is 0. The number of carbonyl (C=O) groups excluding carboxylic acids is 1. The van der Waals surface area contributed by atoms with Crippen LogP contribution in [0.4, 0.5) is 0 Å². The molecule has 0 unspecified atom stereocenters. The Kier molecular flexibility index (Phi) is 12.8. The van der Waals surface area contributed by atoms with E-state index in [1.807, 2.05) is 20.8 Å². The van der Waals surface area contributed by atoms with Gasteiger partial charge < -0.3 is 4.74 Å². The van der Waals surface area contributed by atoms with E-state index in [-0.39, 0.29) is 11.4 Å². The van der Waals surface area contributed by atoms with E-state index in [0.29, 0.717) is 6.61 Å². The highest BCUT2D eigenvalue weighted by atomic mass is 16.5.